The number of hydrogen-bond donors (Lipinski definition) is 2. The Morgan fingerprint density at radius 2 is 2.24 bits per heavy atom. The summed E-state index contributed by atoms with van der Waals surface area (Å²) in [6, 6.07) is 3.55. The van der Waals surface area contributed by atoms with E-state index >= 15 is 0 Å². The van der Waals surface area contributed by atoms with Crippen LogP contribution in [0, 0.1) is 0 Å². The molecule has 0 saturated carbocycles. The molecule has 17 heavy (non-hydrogen) atoms. The molecule has 0 aromatic carbocycles. The van der Waals surface area contributed by atoms with Crippen LogP contribution >= 0.6 is 23.1 Å². The lowest BCUT2D eigenvalue weighted by molar-refractivity contribution is 0.0702. The normalized spacial score (nSPS) is 10.6. The average molecular weight is 273 g/mol. The lowest BCUT2D eigenvalue weighted by Gasteiger charge is -2.02. The number of nitrogens with one attached hydrogen (secondary N) is 1. The standard InChI is InChI=1S/C12H19NO2S2/c1-16-8-4-2-3-7-13-9-10-5-6-11(17-10)12(14)15/h5-6,13H,2-4,7-9H2,1H3,(H,14,15). The summed E-state index contributed by atoms with van der Waals surface area (Å²) in [7, 11) is 0. The van der Waals surface area contributed by atoms with Crippen molar-refractivity contribution in [3.63, 3.8) is 0 Å². The second-order valence-electron chi connectivity index (χ2n) is 3.80. The highest BCUT2D eigenvalue weighted by atomic mass is 32.2. The van der Waals surface area contributed by atoms with Crippen molar-refractivity contribution in [3.05, 3.63) is 21.9 Å². The molecule has 0 aliphatic carbocycles. The average Bonchev–Trinajstić information content (AvgIpc) is 2.77. The number of thiophene rings is 1. The number of thioether (sulfide) groups is 1. The predicted molar refractivity (Wildman–Crippen MR) is 75.2 cm³/mol. The minimum absolute atomic E-state index is 0.418. The lowest BCUT2D eigenvalue weighted by Crippen LogP contribution is -2.13. The van der Waals surface area contributed by atoms with Crippen molar-refractivity contribution >= 4 is 29.1 Å². The smallest absolute Gasteiger partial charge is 0.345 e. The summed E-state index contributed by atoms with van der Waals surface area (Å²) in [6.45, 7) is 1.79. The molecule has 2 N–H and O–H groups in total. The molecular weight excluding hydrogens is 254 g/mol. The molecule has 1 aromatic heterocycles. The molecule has 0 aliphatic rings. The fraction of sp³-hybridized carbons (Fsp3) is 0.583. The van der Waals surface area contributed by atoms with Crippen molar-refractivity contribution in [3.8, 4) is 0 Å². The third-order valence-corrected chi connectivity index (χ3v) is 4.14. The van der Waals surface area contributed by atoms with E-state index in [1.807, 2.05) is 17.8 Å². The molecule has 1 rings (SSSR count). The monoisotopic (exact) mass is 273 g/mol. The van der Waals surface area contributed by atoms with Crippen LogP contribution in [-0.2, 0) is 6.54 Å². The molecule has 96 valence electrons. The van der Waals surface area contributed by atoms with Crippen LogP contribution in [-0.4, -0.2) is 29.6 Å². The second-order valence-corrected chi connectivity index (χ2v) is 5.96. The maximum absolute atomic E-state index is 10.7. The Balaban J connectivity index is 2.07. The van der Waals surface area contributed by atoms with Crippen LogP contribution in [0.4, 0.5) is 0 Å². The van der Waals surface area contributed by atoms with E-state index in [0.29, 0.717) is 4.88 Å². The Hall–Kier alpha value is -0.520. The van der Waals surface area contributed by atoms with Gasteiger partial charge in [-0.2, -0.15) is 11.8 Å². The molecule has 0 atom stereocenters. The van der Waals surface area contributed by atoms with Crippen LogP contribution in [0.2, 0.25) is 0 Å². The van der Waals surface area contributed by atoms with Gasteiger partial charge in [0, 0.05) is 11.4 Å². The zero-order valence-electron chi connectivity index (χ0n) is 10.1. The first-order valence-corrected chi connectivity index (χ1v) is 7.96. The fourth-order valence-electron chi connectivity index (χ4n) is 1.47. The summed E-state index contributed by atoms with van der Waals surface area (Å²) >= 11 is 3.24. The van der Waals surface area contributed by atoms with E-state index < -0.39 is 5.97 Å². The number of rotatable bonds is 9. The zero-order chi connectivity index (χ0) is 12.5. The SMILES string of the molecule is CSCCCCCNCc1ccc(C(=O)O)s1. The van der Waals surface area contributed by atoms with Crippen LogP contribution in [0.1, 0.15) is 33.8 Å². The Labute approximate surface area is 111 Å². The molecule has 0 aliphatic heterocycles. The number of carboxylic acids is 1. The van der Waals surface area contributed by atoms with E-state index in [2.05, 4.69) is 11.6 Å². The molecule has 0 saturated heterocycles. The number of aromatic carboxylic acids is 1. The predicted octanol–water partition coefficient (Wildman–Crippen LogP) is 3.07. The molecule has 0 unspecified atom stereocenters. The van der Waals surface area contributed by atoms with Crippen LogP contribution in [0.3, 0.4) is 0 Å². The molecule has 0 fully saturated rings. The Bertz CT molecular complexity index is 339. The van der Waals surface area contributed by atoms with Gasteiger partial charge in [0.25, 0.3) is 0 Å². The van der Waals surface area contributed by atoms with Gasteiger partial charge in [-0.05, 0) is 43.5 Å². The highest BCUT2D eigenvalue weighted by Gasteiger charge is 2.05. The fourth-order valence-corrected chi connectivity index (χ4v) is 2.78. The molecule has 0 amide bonds. The van der Waals surface area contributed by atoms with Gasteiger partial charge in [0.15, 0.2) is 0 Å². The summed E-state index contributed by atoms with van der Waals surface area (Å²) in [5.74, 6) is 0.408. The van der Waals surface area contributed by atoms with Crippen LogP contribution in [0.5, 0.6) is 0 Å². The third-order valence-electron chi connectivity index (χ3n) is 2.37. The van der Waals surface area contributed by atoms with Gasteiger partial charge in [-0.25, -0.2) is 4.79 Å². The van der Waals surface area contributed by atoms with Crippen molar-refractivity contribution in [1.82, 2.24) is 5.32 Å². The molecule has 0 bridgehead atoms. The van der Waals surface area contributed by atoms with Gasteiger partial charge in [-0.1, -0.05) is 6.42 Å². The highest BCUT2D eigenvalue weighted by Crippen LogP contribution is 2.15. The van der Waals surface area contributed by atoms with Crippen LogP contribution in [0.25, 0.3) is 0 Å². The molecule has 0 spiro atoms. The topological polar surface area (TPSA) is 49.3 Å². The number of carbonyl (C=O) groups is 1. The zero-order valence-corrected chi connectivity index (χ0v) is 11.7. The van der Waals surface area contributed by atoms with Crippen molar-refractivity contribution in [2.24, 2.45) is 0 Å². The maximum Gasteiger partial charge on any atom is 0.345 e. The highest BCUT2D eigenvalue weighted by molar-refractivity contribution is 7.98. The van der Waals surface area contributed by atoms with Gasteiger partial charge in [0.2, 0.25) is 0 Å². The Kier molecular flexibility index (Phi) is 7.32. The number of hydrogen-bond acceptors (Lipinski definition) is 4. The van der Waals surface area contributed by atoms with Crippen molar-refractivity contribution < 1.29 is 9.90 Å². The third kappa shape index (κ3) is 6.10. The van der Waals surface area contributed by atoms with Gasteiger partial charge in [-0.3, -0.25) is 0 Å². The summed E-state index contributed by atoms with van der Waals surface area (Å²) in [5, 5.41) is 12.1. The van der Waals surface area contributed by atoms with E-state index in [1.165, 1.54) is 36.4 Å². The quantitative estimate of drug-likeness (QED) is 0.679. The van der Waals surface area contributed by atoms with E-state index in [-0.39, 0.29) is 0 Å². The van der Waals surface area contributed by atoms with E-state index in [1.54, 1.807) is 6.07 Å². The molecule has 1 aromatic rings. The van der Waals surface area contributed by atoms with Crippen LogP contribution < -0.4 is 5.32 Å². The first-order chi connectivity index (χ1) is 8.24. The van der Waals surface area contributed by atoms with E-state index in [0.717, 1.165) is 18.0 Å². The largest absolute Gasteiger partial charge is 0.477 e. The summed E-state index contributed by atoms with van der Waals surface area (Å²) < 4.78 is 0. The molecule has 0 radical (unpaired) electrons. The minimum atomic E-state index is -0.835. The lowest BCUT2D eigenvalue weighted by atomic mass is 10.2. The van der Waals surface area contributed by atoms with Gasteiger partial charge in [-0.15, -0.1) is 11.3 Å². The molecule has 5 heteroatoms. The van der Waals surface area contributed by atoms with Crippen LogP contribution in [0.15, 0.2) is 12.1 Å². The second kappa shape index (κ2) is 8.55. The van der Waals surface area contributed by atoms with Crippen molar-refractivity contribution in [2.45, 2.75) is 25.8 Å². The van der Waals surface area contributed by atoms with Gasteiger partial charge in [0.1, 0.15) is 4.88 Å². The van der Waals surface area contributed by atoms with Gasteiger partial charge < -0.3 is 10.4 Å². The Morgan fingerprint density at radius 1 is 1.41 bits per heavy atom. The minimum Gasteiger partial charge on any atom is -0.477 e. The Morgan fingerprint density at radius 3 is 2.88 bits per heavy atom. The first kappa shape index (κ1) is 14.5. The van der Waals surface area contributed by atoms with E-state index in [4.69, 9.17) is 5.11 Å². The summed E-state index contributed by atoms with van der Waals surface area (Å²) in [6.07, 6.45) is 5.87. The number of unbranched alkanes of at least 4 members (excludes halogenated alkanes) is 2. The summed E-state index contributed by atoms with van der Waals surface area (Å²) in [4.78, 5) is 12.2. The van der Waals surface area contributed by atoms with Gasteiger partial charge >= 0.3 is 5.97 Å². The van der Waals surface area contributed by atoms with Crippen molar-refractivity contribution in [1.29, 1.82) is 0 Å². The number of carboxylic acid groups (broad SMARTS) is 1. The molecule has 3 nitrogen and oxygen atoms in total. The van der Waals surface area contributed by atoms with E-state index in [9.17, 15) is 4.79 Å². The van der Waals surface area contributed by atoms with Gasteiger partial charge in [0.05, 0.1) is 0 Å². The van der Waals surface area contributed by atoms with Crippen molar-refractivity contribution in [2.75, 3.05) is 18.6 Å². The summed E-state index contributed by atoms with van der Waals surface area (Å²) in [5.41, 5.74) is 0. The molecular formula is C12H19NO2S2. The first-order valence-electron chi connectivity index (χ1n) is 5.75. The maximum atomic E-state index is 10.7. The molecule has 1 heterocycles.